The number of carbonyl (C=O) groups excluding carboxylic acids is 2. The number of aromatic carboxylic acids is 1. The van der Waals surface area contributed by atoms with Gasteiger partial charge in [0.15, 0.2) is 11.9 Å². The van der Waals surface area contributed by atoms with Crippen molar-refractivity contribution in [3.63, 3.8) is 0 Å². The van der Waals surface area contributed by atoms with Crippen molar-refractivity contribution < 1.29 is 24.2 Å². The van der Waals surface area contributed by atoms with Crippen LogP contribution in [0.25, 0.3) is 0 Å². The van der Waals surface area contributed by atoms with E-state index in [1.54, 1.807) is 30.3 Å². The summed E-state index contributed by atoms with van der Waals surface area (Å²) >= 11 is 0. The van der Waals surface area contributed by atoms with Crippen LogP contribution in [0.15, 0.2) is 78.9 Å². The van der Waals surface area contributed by atoms with Crippen molar-refractivity contribution in [1.29, 1.82) is 0 Å². The average molecular weight is 373 g/mol. The Morgan fingerprint density at radius 2 is 1.57 bits per heavy atom. The van der Waals surface area contributed by atoms with Gasteiger partial charge in [-0.25, -0.2) is 0 Å². The lowest BCUT2D eigenvalue weighted by molar-refractivity contribution is -0.255. The maximum Gasteiger partial charge on any atom is 0.198 e. The number of epoxide rings is 1. The molecule has 1 fully saturated rings. The third kappa shape index (κ3) is 3.80. The zero-order valence-corrected chi connectivity index (χ0v) is 14.9. The predicted molar refractivity (Wildman–Crippen MR) is 99.9 cm³/mol. The molecule has 0 aliphatic carbocycles. The summed E-state index contributed by atoms with van der Waals surface area (Å²) in [5, 5.41) is 10.8. The number of hydrogen-bond donors (Lipinski definition) is 0. The van der Waals surface area contributed by atoms with Crippen molar-refractivity contribution in [2.45, 2.75) is 18.8 Å². The highest BCUT2D eigenvalue weighted by atomic mass is 16.6. The van der Waals surface area contributed by atoms with Gasteiger partial charge >= 0.3 is 0 Å². The van der Waals surface area contributed by atoms with E-state index in [0.29, 0.717) is 17.9 Å². The van der Waals surface area contributed by atoms with Crippen molar-refractivity contribution in [1.82, 2.24) is 0 Å². The minimum absolute atomic E-state index is 0.0898. The van der Waals surface area contributed by atoms with Crippen molar-refractivity contribution in [3.05, 3.63) is 101 Å². The molecule has 140 valence electrons. The first-order chi connectivity index (χ1) is 13.6. The smallest absolute Gasteiger partial charge is 0.198 e. The first kappa shape index (κ1) is 17.9. The first-order valence-electron chi connectivity index (χ1n) is 8.90. The highest BCUT2D eigenvalue weighted by molar-refractivity contribution is 6.03. The third-order valence-corrected chi connectivity index (χ3v) is 4.61. The fraction of sp³-hybridized carbons (Fsp3) is 0.130. The van der Waals surface area contributed by atoms with E-state index in [1.807, 2.05) is 36.4 Å². The average Bonchev–Trinajstić information content (AvgIpc) is 3.54. The van der Waals surface area contributed by atoms with E-state index in [2.05, 4.69) is 0 Å². The van der Waals surface area contributed by atoms with Crippen LogP contribution < -0.4 is 9.84 Å². The number of Topliss-reactive ketones (excluding diaryl/α,β-unsaturated/α-hetero) is 1. The van der Waals surface area contributed by atoms with Crippen molar-refractivity contribution in [2.24, 2.45) is 0 Å². The molecule has 5 nitrogen and oxygen atoms in total. The molecule has 1 heterocycles. The molecule has 0 unspecified atom stereocenters. The van der Waals surface area contributed by atoms with Crippen LogP contribution in [0.3, 0.4) is 0 Å². The normalized spacial score (nSPS) is 17.7. The van der Waals surface area contributed by atoms with E-state index in [0.717, 1.165) is 11.1 Å². The van der Waals surface area contributed by atoms with Gasteiger partial charge in [0, 0.05) is 0 Å². The summed E-state index contributed by atoms with van der Waals surface area (Å²) in [6, 6.07) is 23.0. The molecule has 0 amide bonds. The van der Waals surface area contributed by atoms with Gasteiger partial charge in [0.25, 0.3) is 0 Å². The molecule has 3 aromatic carbocycles. The molecule has 28 heavy (non-hydrogen) atoms. The zero-order valence-electron chi connectivity index (χ0n) is 14.9. The largest absolute Gasteiger partial charge is 0.545 e. The number of ether oxygens (including phenoxy) is 2. The summed E-state index contributed by atoms with van der Waals surface area (Å²) in [6.07, 6.45) is -0.985. The van der Waals surface area contributed by atoms with Gasteiger partial charge < -0.3 is 19.4 Å². The quantitative estimate of drug-likeness (QED) is 0.470. The van der Waals surface area contributed by atoms with E-state index in [4.69, 9.17) is 9.47 Å². The standard InChI is InChI=1S/C23H18O5/c24-20(22-21(28-22)16-10-12-17(13-11-16)23(25)26)18-8-4-5-9-19(18)27-14-15-6-2-1-3-7-15/h1-13,21-22H,14H2,(H,25,26)/p-1/t21-,22-/m1/s1. The third-order valence-electron chi connectivity index (χ3n) is 4.61. The molecule has 0 radical (unpaired) electrons. The lowest BCUT2D eigenvalue weighted by Gasteiger charge is -2.10. The van der Waals surface area contributed by atoms with E-state index in [1.165, 1.54) is 12.1 Å². The number of carboxylic acids is 1. The van der Waals surface area contributed by atoms with Gasteiger partial charge in [0.1, 0.15) is 18.5 Å². The predicted octanol–water partition coefficient (Wildman–Crippen LogP) is 2.95. The van der Waals surface area contributed by atoms with Gasteiger partial charge in [-0.3, -0.25) is 4.79 Å². The van der Waals surface area contributed by atoms with E-state index in [9.17, 15) is 14.7 Å². The maximum atomic E-state index is 12.9. The van der Waals surface area contributed by atoms with E-state index >= 15 is 0 Å². The summed E-state index contributed by atoms with van der Waals surface area (Å²) in [6.45, 7) is 0.366. The fourth-order valence-electron chi connectivity index (χ4n) is 3.06. The van der Waals surface area contributed by atoms with Crippen LogP contribution in [-0.4, -0.2) is 17.9 Å². The van der Waals surface area contributed by atoms with Crippen LogP contribution in [0.2, 0.25) is 0 Å². The Labute approximate surface area is 162 Å². The molecular weight excluding hydrogens is 356 g/mol. The summed E-state index contributed by atoms with van der Waals surface area (Å²) in [7, 11) is 0. The Bertz CT molecular complexity index is 995. The van der Waals surface area contributed by atoms with Gasteiger partial charge in [0.05, 0.1) is 11.5 Å². The topological polar surface area (TPSA) is 79.0 Å². The van der Waals surface area contributed by atoms with Crippen molar-refractivity contribution in [2.75, 3.05) is 0 Å². The van der Waals surface area contributed by atoms with Gasteiger partial charge in [-0.05, 0) is 28.8 Å². The Hall–Kier alpha value is -3.44. The van der Waals surface area contributed by atoms with Crippen molar-refractivity contribution >= 4 is 11.8 Å². The van der Waals surface area contributed by atoms with Crippen LogP contribution in [0.1, 0.15) is 37.9 Å². The molecule has 0 spiro atoms. The van der Waals surface area contributed by atoms with Crippen LogP contribution in [-0.2, 0) is 11.3 Å². The van der Waals surface area contributed by atoms with Crippen LogP contribution in [0, 0.1) is 0 Å². The number of carboxylic acid groups (broad SMARTS) is 1. The summed E-state index contributed by atoms with van der Waals surface area (Å²) < 4.78 is 11.4. The molecule has 0 saturated carbocycles. The lowest BCUT2D eigenvalue weighted by Crippen LogP contribution is -2.22. The monoisotopic (exact) mass is 373 g/mol. The highest BCUT2D eigenvalue weighted by Gasteiger charge is 2.46. The number of para-hydroxylation sites is 1. The SMILES string of the molecule is O=C([O-])c1ccc([C@H]2O[C@@H]2C(=O)c2ccccc2OCc2ccccc2)cc1. The maximum absolute atomic E-state index is 12.9. The molecule has 3 aromatic rings. The molecule has 1 saturated heterocycles. The molecule has 0 bridgehead atoms. The highest BCUT2D eigenvalue weighted by Crippen LogP contribution is 2.41. The Balaban J connectivity index is 1.46. The Kier molecular flexibility index (Phi) is 4.91. The molecule has 4 rings (SSSR count). The fourth-order valence-corrected chi connectivity index (χ4v) is 3.06. The number of rotatable bonds is 7. The van der Waals surface area contributed by atoms with Crippen LogP contribution >= 0.6 is 0 Å². The van der Waals surface area contributed by atoms with Gasteiger partial charge in [-0.1, -0.05) is 66.7 Å². The summed E-state index contributed by atoms with van der Waals surface area (Å²) in [4.78, 5) is 23.7. The second-order valence-electron chi connectivity index (χ2n) is 6.52. The van der Waals surface area contributed by atoms with Crippen LogP contribution in [0.5, 0.6) is 5.75 Å². The minimum Gasteiger partial charge on any atom is -0.545 e. The molecule has 0 aromatic heterocycles. The van der Waals surface area contributed by atoms with E-state index < -0.39 is 12.1 Å². The number of hydrogen-bond acceptors (Lipinski definition) is 5. The number of carbonyl (C=O) groups is 2. The van der Waals surface area contributed by atoms with Gasteiger partial charge in [0.2, 0.25) is 0 Å². The Morgan fingerprint density at radius 3 is 2.29 bits per heavy atom. The number of ketones is 1. The summed E-state index contributed by atoms with van der Waals surface area (Å²) in [5.41, 5.74) is 2.33. The van der Waals surface area contributed by atoms with Gasteiger partial charge in [-0.2, -0.15) is 0 Å². The first-order valence-corrected chi connectivity index (χ1v) is 8.90. The molecule has 0 N–H and O–H groups in total. The lowest BCUT2D eigenvalue weighted by atomic mass is 10.0. The van der Waals surface area contributed by atoms with Gasteiger partial charge in [-0.15, -0.1) is 0 Å². The minimum atomic E-state index is -1.24. The molecule has 2 atom stereocenters. The number of benzene rings is 3. The second-order valence-corrected chi connectivity index (χ2v) is 6.52. The van der Waals surface area contributed by atoms with E-state index in [-0.39, 0.29) is 17.5 Å². The molecular formula is C23H17O5-. The second kappa shape index (κ2) is 7.66. The Morgan fingerprint density at radius 1 is 0.893 bits per heavy atom. The van der Waals surface area contributed by atoms with Crippen LogP contribution in [0.4, 0.5) is 0 Å². The molecule has 1 aliphatic heterocycles. The van der Waals surface area contributed by atoms with Crippen molar-refractivity contribution in [3.8, 4) is 5.75 Å². The zero-order chi connectivity index (χ0) is 19.5. The molecule has 5 heteroatoms. The molecule has 1 aliphatic rings. The summed E-state index contributed by atoms with van der Waals surface area (Å²) in [5.74, 6) is -0.879.